The van der Waals surface area contributed by atoms with E-state index < -0.39 is 11.8 Å². The molecule has 0 aliphatic heterocycles. The van der Waals surface area contributed by atoms with E-state index in [2.05, 4.69) is 4.98 Å². The van der Waals surface area contributed by atoms with Gasteiger partial charge >= 0.3 is 5.97 Å². The number of carbonyl (C=O) groups excluding carboxylic acids is 2. The lowest BCUT2D eigenvalue weighted by atomic mass is 10.0. The Kier molecular flexibility index (Phi) is 4.53. The van der Waals surface area contributed by atoms with Crippen LogP contribution in [0.2, 0.25) is 0 Å². The second kappa shape index (κ2) is 5.71. The number of esters is 1. The fourth-order valence-electron chi connectivity index (χ4n) is 1.34. The Morgan fingerprint density at radius 1 is 1.28 bits per heavy atom. The van der Waals surface area contributed by atoms with Crippen LogP contribution in [-0.2, 0) is 4.74 Å². The minimum Gasteiger partial charge on any atom is -0.459 e. The fourth-order valence-corrected chi connectivity index (χ4v) is 1.34. The van der Waals surface area contributed by atoms with E-state index in [9.17, 15) is 14.0 Å². The number of nitrogens with zero attached hydrogens (tertiary/aromatic N) is 1. The fraction of sp³-hybridized carbons (Fsp3) is 0.462. The second-order valence-corrected chi connectivity index (χ2v) is 4.52. The van der Waals surface area contributed by atoms with Crippen molar-refractivity contribution < 1.29 is 18.7 Å². The summed E-state index contributed by atoms with van der Waals surface area (Å²) in [5, 5.41) is 0. The molecule has 0 fully saturated rings. The molecular formula is C13H16FNO3. The summed E-state index contributed by atoms with van der Waals surface area (Å²) in [6.45, 7) is 6.72. The lowest BCUT2D eigenvalue weighted by molar-refractivity contribution is 0.0373. The summed E-state index contributed by atoms with van der Waals surface area (Å²) in [5.74, 6) is -2.05. The predicted molar refractivity (Wildman–Crippen MR) is 63.9 cm³/mol. The van der Waals surface area contributed by atoms with Crippen LogP contribution in [0, 0.1) is 11.7 Å². The van der Waals surface area contributed by atoms with Crippen LogP contribution >= 0.6 is 0 Å². The van der Waals surface area contributed by atoms with E-state index in [1.807, 2.05) is 0 Å². The molecule has 0 spiro atoms. The number of ketones is 1. The maximum absolute atomic E-state index is 13.1. The normalized spacial score (nSPS) is 10.8. The van der Waals surface area contributed by atoms with Crippen LogP contribution in [0.1, 0.15) is 48.5 Å². The molecule has 1 aromatic heterocycles. The maximum Gasteiger partial charge on any atom is 0.340 e. The number of ether oxygens (including phenoxy) is 1. The molecule has 1 aromatic rings. The zero-order valence-electron chi connectivity index (χ0n) is 10.9. The molecule has 0 aliphatic rings. The maximum atomic E-state index is 13.1. The Morgan fingerprint density at radius 3 is 2.39 bits per heavy atom. The van der Waals surface area contributed by atoms with Crippen molar-refractivity contribution in [1.82, 2.24) is 4.98 Å². The van der Waals surface area contributed by atoms with Gasteiger partial charge < -0.3 is 4.74 Å². The van der Waals surface area contributed by atoms with Crippen molar-refractivity contribution in [1.29, 1.82) is 0 Å². The molecule has 0 bridgehead atoms. The van der Waals surface area contributed by atoms with E-state index in [0.717, 1.165) is 12.3 Å². The van der Waals surface area contributed by atoms with Gasteiger partial charge in [0.25, 0.3) is 0 Å². The van der Waals surface area contributed by atoms with Crippen molar-refractivity contribution in [3.63, 3.8) is 0 Å². The van der Waals surface area contributed by atoms with Crippen molar-refractivity contribution in [3.05, 3.63) is 29.3 Å². The molecule has 1 heterocycles. The highest BCUT2D eigenvalue weighted by atomic mass is 19.1. The molecule has 0 radical (unpaired) electrons. The average molecular weight is 253 g/mol. The van der Waals surface area contributed by atoms with E-state index in [4.69, 9.17) is 4.74 Å². The second-order valence-electron chi connectivity index (χ2n) is 4.52. The molecule has 1 rings (SSSR count). The van der Waals surface area contributed by atoms with Crippen molar-refractivity contribution in [3.8, 4) is 0 Å². The highest BCUT2D eigenvalue weighted by molar-refractivity contribution is 6.05. The molecule has 4 nitrogen and oxygen atoms in total. The van der Waals surface area contributed by atoms with Crippen LogP contribution in [0.3, 0.4) is 0 Å². The van der Waals surface area contributed by atoms with E-state index in [1.165, 1.54) is 0 Å². The Labute approximate surface area is 105 Å². The van der Waals surface area contributed by atoms with Crippen molar-refractivity contribution in [2.45, 2.75) is 33.8 Å². The van der Waals surface area contributed by atoms with Crippen LogP contribution < -0.4 is 0 Å². The van der Waals surface area contributed by atoms with Gasteiger partial charge in [0.05, 0.1) is 17.9 Å². The molecule has 0 aromatic carbocycles. The monoisotopic (exact) mass is 253 g/mol. The molecule has 0 atom stereocenters. The molecule has 0 N–H and O–H groups in total. The van der Waals surface area contributed by atoms with Gasteiger partial charge in [-0.1, -0.05) is 13.8 Å². The number of halogens is 1. The van der Waals surface area contributed by atoms with Gasteiger partial charge in [0.15, 0.2) is 5.78 Å². The quantitative estimate of drug-likeness (QED) is 0.611. The number of pyridine rings is 1. The summed E-state index contributed by atoms with van der Waals surface area (Å²) in [6.07, 6.45) is 0.574. The Balaban J connectivity index is 3.19. The third-order valence-corrected chi connectivity index (χ3v) is 2.17. The van der Waals surface area contributed by atoms with E-state index in [1.54, 1.807) is 27.7 Å². The van der Waals surface area contributed by atoms with Crippen LogP contribution in [0.25, 0.3) is 0 Å². The Bertz CT molecular complexity index is 469. The highest BCUT2D eigenvalue weighted by Crippen LogP contribution is 2.15. The number of hydrogen-bond donors (Lipinski definition) is 0. The van der Waals surface area contributed by atoms with Gasteiger partial charge in [-0.3, -0.25) is 4.79 Å². The molecule has 0 saturated heterocycles. The van der Waals surface area contributed by atoms with Gasteiger partial charge in [0.1, 0.15) is 11.5 Å². The minimum absolute atomic E-state index is 0.0444. The largest absolute Gasteiger partial charge is 0.459 e. The van der Waals surface area contributed by atoms with E-state index in [0.29, 0.717) is 0 Å². The molecule has 0 amide bonds. The summed E-state index contributed by atoms with van der Waals surface area (Å²) in [7, 11) is 0. The summed E-state index contributed by atoms with van der Waals surface area (Å²) in [5.41, 5.74) is -0.167. The lowest BCUT2D eigenvalue weighted by Gasteiger charge is -2.11. The number of hydrogen-bond acceptors (Lipinski definition) is 4. The molecule has 0 saturated carbocycles. The van der Waals surface area contributed by atoms with Gasteiger partial charge in [0.2, 0.25) is 0 Å². The summed E-state index contributed by atoms with van der Waals surface area (Å²) in [6, 6.07) is 0.979. The molecule has 18 heavy (non-hydrogen) atoms. The molecule has 0 aliphatic carbocycles. The number of rotatable bonds is 4. The van der Waals surface area contributed by atoms with E-state index >= 15 is 0 Å². The summed E-state index contributed by atoms with van der Waals surface area (Å²) < 4.78 is 18.1. The Morgan fingerprint density at radius 2 is 1.89 bits per heavy atom. The first-order valence-corrected chi connectivity index (χ1v) is 5.73. The number of Topliss-reactive ketones (excluding diaryl/α,β-unsaturated/α-hetero) is 1. The van der Waals surface area contributed by atoms with E-state index in [-0.39, 0.29) is 29.1 Å². The lowest BCUT2D eigenvalue weighted by Crippen LogP contribution is -2.19. The molecule has 98 valence electrons. The van der Waals surface area contributed by atoms with Crippen LogP contribution in [0.5, 0.6) is 0 Å². The van der Waals surface area contributed by atoms with Gasteiger partial charge in [-0.25, -0.2) is 14.2 Å². The third-order valence-electron chi connectivity index (χ3n) is 2.17. The first-order valence-electron chi connectivity index (χ1n) is 5.73. The SMILES string of the molecule is CC(C)OC(=O)c1cc(F)cnc1C(=O)C(C)C. The van der Waals surface area contributed by atoms with Crippen LogP contribution in [0.15, 0.2) is 12.3 Å². The summed E-state index contributed by atoms with van der Waals surface area (Å²) in [4.78, 5) is 27.4. The predicted octanol–water partition coefficient (Wildman–Crippen LogP) is 2.62. The van der Waals surface area contributed by atoms with Gasteiger partial charge in [-0.2, -0.15) is 0 Å². The number of carbonyl (C=O) groups is 2. The zero-order chi connectivity index (χ0) is 13.9. The highest BCUT2D eigenvalue weighted by Gasteiger charge is 2.23. The third kappa shape index (κ3) is 3.35. The van der Waals surface area contributed by atoms with Crippen molar-refractivity contribution in [2.75, 3.05) is 0 Å². The molecule has 0 unspecified atom stereocenters. The smallest absolute Gasteiger partial charge is 0.340 e. The minimum atomic E-state index is -0.735. The first kappa shape index (κ1) is 14.3. The van der Waals surface area contributed by atoms with Gasteiger partial charge in [-0.15, -0.1) is 0 Å². The topological polar surface area (TPSA) is 56.3 Å². The average Bonchev–Trinajstić information content (AvgIpc) is 2.26. The molecule has 5 heteroatoms. The summed E-state index contributed by atoms with van der Waals surface area (Å²) >= 11 is 0. The Hall–Kier alpha value is -1.78. The van der Waals surface area contributed by atoms with Crippen molar-refractivity contribution >= 4 is 11.8 Å². The van der Waals surface area contributed by atoms with Gasteiger partial charge in [-0.05, 0) is 19.9 Å². The standard InChI is InChI=1S/C13H16FNO3/c1-7(2)12(16)11-10(5-9(14)6-15-11)13(17)18-8(3)4/h5-8H,1-4H3. The van der Waals surface area contributed by atoms with Crippen molar-refractivity contribution in [2.24, 2.45) is 5.92 Å². The number of aromatic nitrogens is 1. The van der Waals surface area contributed by atoms with Crippen LogP contribution in [-0.4, -0.2) is 22.8 Å². The molecular weight excluding hydrogens is 237 g/mol. The van der Waals surface area contributed by atoms with Gasteiger partial charge in [0, 0.05) is 5.92 Å². The zero-order valence-corrected chi connectivity index (χ0v) is 10.9. The van der Waals surface area contributed by atoms with Crippen LogP contribution in [0.4, 0.5) is 4.39 Å². The first-order chi connectivity index (χ1) is 8.32.